The van der Waals surface area contributed by atoms with Crippen LogP contribution in [0.25, 0.3) is 0 Å². The van der Waals surface area contributed by atoms with E-state index in [-0.39, 0.29) is 11.9 Å². The topological polar surface area (TPSA) is 44.8 Å². The Morgan fingerprint density at radius 3 is 2.56 bits per heavy atom. The standard InChI is InChI=1S/C20H33N3O2/c1-5-6-17(3)21-20(24)15-23-11-9-22(10-12-23)14-18-13-16(2)7-8-19(18)25-4/h7-8,13,17H,5-6,9-12,14-15H2,1-4H3,(H,21,24)/t17-/m0/s1. The molecule has 5 nitrogen and oxygen atoms in total. The van der Waals surface area contributed by atoms with Crippen molar-refractivity contribution in [1.29, 1.82) is 0 Å². The van der Waals surface area contributed by atoms with E-state index < -0.39 is 0 Å². The number of amides is 1. The minimum absolute atomic E-state index is 0.148. The summed E-state index contributed by atoms with van der Waals surface area (Å²) < 4.78 is 5.48. The van der Waals surface area contributed by atoms with E-state index in [0.717, 1.165) is 51.3 Å². The van der Waals surface area contributed by atoms with Crippen LogP contribution >= 0.6 is 0 Å². The van der Waals surface area contributed by atoms with Crippen molar-refractivity contribution in [3.8, 4) is 5.75 Å². The average Bonchev–Trinajstić information content (AvgIpc) is 2.57. The first-order valence-corrected chi connectivity index (χ1v) is 9.39. The second-order valence-corrected chi connectivity index (χ2v) is 7.12. The van der Waals surface area contributed by atoms with Gasteiger partial charge in [-0.25, -0.2) is 0 Å². The second kappa shape index (κ2) is 9.78. The number of aryl methyl sites for hydroxylation is 1. The van der Waals surface area contributed by atoms with Crippen LogP contribution in [0.2, 0.25) is 0 Å². The maximum Gasteiger partial charge on any atom is 0.234 e. The monoisotopic (exact) mass is 347 g/mol. The molecule has 1 atom stereocenters. The molecule has 0 aliphatic carbocycles. The van der Waals surface area contributed by atoms with E-state index in [9.17, 15) is 4.79 Å². The van der Waals surface area contributed by atoms with Crippen LogP contribution < -0.4 is 10.1 Å². The van der Waals surface area contributed by atoms with Gasteiger partial charge in [-0.3, -0.25) is 14.6 Å². The molecule has 25 heavy (non-hydrogen) atoms. The zero-order valence-electron chi connectivity index (χ0n) is 16.2. The second-order valence-electron chi connectivity index (χ2n) is 7.12. The van der Waals surface area contributed by atoms with E-state index in [0.29, 0.717) is 6.54 Å². The van der Waals surface area contributed by atoms with Crippen LogP contribution in [0.4, 0.5) is 0 Å². The molecule has 0 radical (unpaired) electrons. The molecule has 1 fully saturated rings. The molecule has 0 bridgehead atoms. The molecule has 2 rings (SSSR count). The molecular weight excluding hydrogens is 314 g/mol. The highest BCUT2D eigenvalue weighted by Crippen LogP contribution is 2.21. The molecule has 1 amide bonds. The van der Waals surface area contributed by atoms with E-state index in [4.69, 9.17) is 4.74 Å². The lowest BCUT2D eigenvalue weighted by molar-refractivity contribution is -0.123. The summed E-state index contributed by atoms with van der Waals surface area (Å²) in [4.78, 5) is 16.8. The number of hydrogen-bond acceptors (Lipinski definition) is 4. The quantitative estimate of drug-likeness (QED) is 0.784. The molecule has 1 aliphatic heterocycles. The molecule has 5 heteroatoms. The molecule has 140 valence electrons. The number of ether oxygens (including phenoxy) is 1. The van der Waals surface area contributed by atoms with E-state index in [1.54, 1.807) is 7.11 Å². The van der Waals surface area contributed by atoms with Crippen molar-refractivity contribution < 1.29 is 9.53 Å². The zero-order valence-corrected chi connectivity index (χ0v) is 16.2. The number of carbonyl (C=O) groups is 1. The van der Waals surface area contributed by atoms with Crippen molar-refractivity contribution in [2.75, 3.05) is 39.8 Å². The molecule has 0 aromatic heterocycles. The predicted molar refractivity (Wildman–Crippen MR) is 102 cm³/mol. The summed E-state index contributed by atoms with van der Waals surface area (Å²) in [6, 6.07) is 6.60. The highest BCUT2D eigenvalue weighted by molar-refractivity contribution is 5.78. The van der Waals surface area contributed by atoms with Gasteiger partial charge in [0, 0.05) is 44.3 Å². The smallest absolute Gasteiger partial charge is 0.234 e. The van der Waals surface area contributed by atoms with Crippen LogP contribution in [-0.4, -0.2) is 61.6 Å². The van der Waals surface area contributed by atoms with Gasteiger partial charge in [0.05, 0.1) is 13.7 Å². The number of benzene rings is 1. The molecular formula is C20H33N3O2. The van der Waals surface area contributed by atoms with E-state index in [2.05, 4.69) is 48.0 Å². The number of methoxy groups -OCH3 is 1. The van der Waals surface area contributed by atoms with Crippen molar-refractivity contribution in [1.82, 2.24) is 15.1 Å². The fraction of sp³-hybridized carbons (Fsp3) is 0.650. The number of hydrogen-bond donors (Lipinski definition) is 1. The maximum atomic E-state index is 12.1. The third-order valence-corrected chi connectivity index (χ3v) is 4.79. The van der Waals surface area contributed by atoms with Gasteiger partial charge in [-0.05, 0) is 26.3 Å². The Bertz CT molecular complexity index is 554. The van der Waals surface area contributed by atoms with Gasteiger partial charge < -0.3 is 10.1 Å². The first-order chi connectivity index (χ1) is 12.0. The molecule has 1 heterocycles. The average molecular weight is 348 g/mol. The first-order valence-electron chi connectivity index (χ1n) is 9.39. The number of carbonyl (C=O) groups excluding carboxylic acids is 1. The highest BCUT2D eigenvalue weighted by Gasteiger charge is 2.20. The Balaban J connectivity index is 1.78. The van der Waals surface area contributed by atoms with E-state index >= 15 is 0 Å². The first kappa shape index (κ1) is 19.7. The van der Waals surface area contributed by atoms with Gasteiger partial charge in [-0.2, -0.15) is 0 Å². The molecule has 0 spiro atoms. The predicted octanol–water partition coefficient (Wildman–Crippen LogP) is 2.43. The SMILES string of the molecule is CCC[C@H](C)NC(=O)CN1CCN(Cc2cc(C)ccc2OC)CC1. The van der Waals surface area contributed by atoms with Gasteiger partial charge in [0.2, 0.25) is 5.91 Å². The summed E-state index contributed by atoms with van der Waals surface area (Å²) in [5, 5.41) is 3.09. The van der Waals surface area contributed by atoms with Crippen LogP contribution in [0, 0.1) is 6.92 Å². The van der Waals surface area contributed by atoms with Crippen molar-refractivity contribution in [2.24, 2.45) is 0 Å². The Morgan fingerprint density at radius 2 is 1.92 bits per heavy atom. The molecule has 1 aromatic rings. The summed E-state index contributed by atoms with van der Waals surface area (Å²) in [6.07, 6.45) is 2.14. The van der Waals surface area contributed by atoms with Crippen LogP contribution in [-0.2, 0) is 11.3 Å². The van der Waals surface area contributed by atoms with Crippen molar-refractivity contribution in [2.45, 2.75) is 46.2 Å². The number of rotatable bonds is 8. The lowest BCUT2D eigenvalue weighted by Crippen LogP contribution is -2.49. The normalized spacial score (nSPS) is 17.3. The Labute approximate surface area is 152 Å². The van der Waals surface area contributed by atoms with Gasteiger partial charge in [0.1, 0.15) is 5.75 Å². The number of nitrogens with zero attached hydrogens (tertiary/aromatic N) is 2. The molecule has 1 saturated heterocycles. The van der Waals surface area contributed by atoms with E-state index in [1.807, 2.05) is 6.07 Å². The minimum atomic E-state index is 0.148. The third-order valence-electron chi connectivity index (χ3n) is 4.79. The minimum Gasteiger partial charge on any atom is -0.496 e. The van der Waals surface area contributed by atoms with Gasteiger partial charge >= 0.3 is 0 Å². The fourth-order valence-electron chi connectivity index (χ4n) is 3.41. The summed E-state index contributed by atoms with van der Waals surface area (Å²) in [5.41, 5.74) is 2.49. The fourth-order valence-corrected chi connectivity index (χ4v) is 3.41. The molecule has 0 saturated carbocycles. The van der Waals surface area contributed by atoms with Crippen LogP contribution in [0.5, 0.6) is 5.75 Å². The van der Waals surface area contributed by atoms with Crippen molar-refractivity contribution in [3.05, 3.63) is 29.3 Å². The molecule has 1 aromatic carbocycles. The number of piperazine rings is 1. The maximum absolute atomic E-state index is 12.1. The van der Waals surface area contributed by atoms with Gasteiger partial charge in [0.15, 0.2) is 0 Å². The Morgan fingerprint density at radius 1 is 1.24 bits per heavy atom. The largest absolute Gasteiger partial charge is 0.496 e. The van der Waals surface area contributed by atoms with Crippen LogP contribution in [0.15, 0.2) is 18.2 Å². The third kappa shape index (κ3) is 6.33. The Kier molecular flexibility index (Phi) is 7.72. The van der Waals surface area contributed by atoms with Gasteiger partial charge in [-0.15, -0.1) is 0 Å². The summed E-state index contributed by atoms with van der Waals surface area (Å²) in [5.74, 6) is 1.10. The molecule has 0 unspecified atom stereocenters. The zero-order chi connectivity index (χ0) is 18.2. The van der Waals surface area contributed by atoms with Crippen LogP contribution in [0.3, 0.4) is 0 Å². The number of nitrogens with one attached hydrogen (secondary N) is 1. The van der Waals surface area contributed by atoms with Crippen molar-refractivity contribution >= 4 is 5.91 Å². The lowest BCUT2D eigenvalue weighted by Gasteiger charge is -2.34. The summed E-state index contributed by atoms with van der Waals surface area (Å²) in [7, 11) is 1.73. The molecule has 1 aliphatic rings. The van der Waals surface area contributed by atoms with Gasteiger partial charge in [-0.1, -0.05) is 31.0 Å². The lowest BCUT2D eigenvalue weighted by atomic mass is 10.1. The highest BCUT2D eigenvalue weighted by atomic mass is 16.5. The summed E-state index contributed by atoms with van der Waals surface area (Å²) in [6.45, 7) is 11.6. The van der Waals surface area contributed by atoms with Crippen molar-refractivity contribution in [3.63, 3.8) is 0 Å². The van der Waals surface area contributed by atoms with Gasteiger partial charge in [0.25, 0.3) is 0 Å². The molecule has 1 N–H and O–H groups in total. The van der Waals surface area contributed by atoms with Crippen LogP contribution in [0.1, 0.15) is 37.8 Å². The van der Waals surface area contributed by atoms with E-state index in [1.165, 1.54) is 11.1 Å². The summed E-state index contributed by atoms with van der Waals surface area (Å²) >= 11 is 0. The Hall–Kier alpha value is -1.59.